The van der Waals surface area contributed by atoms with Gasteiger partial charge in [0.2, 0.25) is 0 Å². The predicted molar refractivity (Wildman–Crippen MR) is 74.0 cm³/mol. The Labute approximate surface area is 124 Å². The summed E-state index contributed by atoms with van der Waals surface area (Å²) in [4.78, 5) is 0. The summed E-state index contributed by atoms with van der Waals surface area (Å²) >= 11 is 0. The van der Waals surface area contributed by atoms with Crippen LogP contribution in [0.5, 0.6) is 5.75 Å². The zero-order valence-electron chi connectivity index (χ0n) is 12.0. The summed E-state index contributed by atoms with van der Waals surface area (Å²) in [6, 6.07) is 9.17. The SMILES string of the molecule is COCOC(COCC1CO1)COc1ccccc1C#N. The number of hydrogen-bond donors (Lipinski definition) is 0. The van der Waals surface area contributed by atoms with E-state index in [0.717, 1.165) is 6.61 Å². The first-order valence-electron chi connectivity index (χ1n) is 6.75. The Morgan fingerprint density at radius 3 is 2.90 bits per heavy atom. The van der Waals surface area contributed by atoms with Gasteiger partial charge >= 0.3 is 0 Å². The van der Waals surface area contributed by atoms with Crippen molar-refractivity contribution in [3.63, 3.8) is 0 Å². The van der Waals surface area contributed by atoms with Crippen LogP contribution < -0.4 is 4.74 Å². The number of methoxy groups -OCH3 is 1. The molecule has 0 N–H and O–H groups in total. The lowest BCUT2D eigenvalue weighted by atomic mass is 10.2. The lowest BCUT2D eigenvalue weighted by Crippen LogP contribution is -2.29. The van der Waals surface area contributed by atoms with Gasteiger partial charge < -0.3 is 23.7 Å². The largest absolute Gasteiger partial charge is 0.489 e. The van der Waals surface area contributed by atoms with Crippen LogP contribution >= 0.6 is 0 Å². The van der Waals surface area contributed by atoms with Gasteiger partial charge in [0.25, 0.3) is 0 Å². The Bertz CT molecular complexity index is 469. The molecule has 0 aromatic heterocycles. The highest BCUT2D eigenvalue weighted by molar-refractivity contribution is 5.42. The van der Waals surface area contributed by atoms with Crippen molar-refractivity contribution in [3.8, 4) is 11.8 Å². The van der Waals surface area contributed by atoms with Gasteiger partial charge in [-0.25, -0.2) is 0 Å². The van der Waals surface area contributed by atoms with Crippen molar-refractivity contribution >= 4 is 0 Å². The van der Waals surface area contributed by atoms with Crippen molar-refractivity contribution in [1.29, 1.82) is 5.26 Å². The smallest absolute Gasteiger partial charge is 0.147 e. The third-order valence-electron chi connectivity index (χ3n) is 2.86. The molecule has 2 rings (SSSR count). The minimum absolute atomic E-state index is 0.164. The Hall–Kier alpha value is -1.65. The number of ether oxygens (including phenoxy) is 5. The van der Waals surface area contributed by atoms with Gasteiger partial charge in [-0.3, -0.25) is 0 Å². The highest BCUT2D eigenvalue weighted by Crippen LogP contribution is 2.17. The molecule has 6 nitrogen and oxygen atoms in total. The molecule has 2 atom stereocenters. The molecule has 1 saturated heterocycles. The van der Waals surface area contributed by atoms with Crippen molar-refractivity contribution < 1.29 is 23.7 Å². The third-order valence-corrected chi connectivity index (χ3v) is 2.86. The molecule has 0 aliphatic carbocycles. The summed E-state index contributed by atoms with van der Waals surface area (Å²) in [7, 11) is 1.56. The fourth-order valence-corrected chi connectivity index (χ4v) is 1.67. The van der Waals surface area contributed by atoms with E-state index in [0.29, 0.717) is 24.5 Å². The number of para-hydroxylation sites is 1. The molecule has 0 amide bonds. The van der Waals surface area contributed by atoms with Crippen LogP contribution in [0.15, 0.2) is 24.3 Å². The summed E-state index contributed by atoms with van der Waals surface area (Å²) in [5.74, 6) is 0.538. The van der Waals surface area contributed by atoms with E-state index in [1.54, 1.807) is 25.3 Å². The quantitative estimate of drug-likeness (QED) is 0.479. The Morgan fingerprint density at radius 1 is 1.38 bits per heavy atom. The molecule has 0 radical (unpaired) electrons. The first kappa shape index (κ1) is 15.7. The summed E-state index contributed by atoms with van der Waals surface area (Å²) in [5, 5.41) is 9.01. The molecule has 1 aliphatic heterocycles. The summed E-state index contributed by atoms with van der Waals surface area (Å²) in [6.07, 6.45) is -0.0521. The molecule has 6 heteroatoms. The molecule has 1 aliphatic rings. The first-order valence-corrected chi connectivity index (χ1v) is 6.75. The second-order valence-electron chi connectivity index (χ2n) is 4.61. The zero-order chi connectivity index (χ0) is 14.9. The van der Waals surface area contributed by atoms with Gasteiger partial charge in [-0.05, 0) is 12.1 Å². The molecular formula is C15H19NO5. The van der Waals surface area contributed by atoms with Gasteiger partial charge in [0.15, 0.2) is 0 Å². The lowest BCUT2D eigenvalue weighted by molar-refractivity contribution is -0.109. The van der Waals surface area contributed by atoms with Gasteiger partial charge in [-0.15, -0.1) is 0 Å². The van der Waals surface area contributed by atoms with Crippen LogP contribution in [0, 0.1) is 11.3 Å². The number of benzene rings is 1. The standard InChI is InChI=1S/C15H19NO5/c1-17-11-21-14(8-18-7-13-9-19-13)10-20-15-5-3-2-4-12(15)6-16/h2-5,13-14H,7-11H2,1H3. The van der Waals surface area contributed by atoms with E-state index in [2.05, 4.69) is 6.07 Å². The maximum absolute atomic E-state index is 9.01. The topological polar surface area (TPSA) is 73.2 Å². The molecule has 1 heterocycles. The van der Waals surface area contributed by atoms with Crippen LogP contribution in [0.2, 0.25) is 0 Å². The van der Waals surface area contributed by atoms with E-state index in [1.807, 2.05) is 6.07 Å². The molecule has 2 unspecified atom stereocenters. The number of nitrogens with zero attached hydrogens (tertiary/aromatic N) is 1. The fraction of sp³-hybridized carbons (Fsp3) is 0.533. The van der Waals surface area contributed by atoms with Crippen molar-refractivity contribution in [3.05, 3.63) is 29.8 Å². The Balaban J connectivity index is 1.80. The van der Waals surface area contributed by atoms with E-state index in [4.69, 9.17) is 28.9 Å². The van der Waals surface area contributed by atoms with Gasteiger partial charge in [0.05, 0.1) is 25.4 Å². The minimum Gasteiger partial charge on any atom is -0.489 e. The number of epoxide rings is 1. The van der Waals surface area contributed by atoms with E-state index in [9.17, 15) is 0 Å². The molecule has 1 aromatic carbocycles. The van der Waals surface area contributed by atoms with Crippen molar-refractivity contribution in [1.82, 2.24) is 0 Å². The fourth-order valence-electron chi connectivity index (χ4n) is 1.67. The summed E-state index contributed by atoms with van der Waals surface area (Å²) in [5.41, 5.74) is 0.496. The zero-order valence-corrected chi connectivity index (χ0v) is 12.0. The predicted octanol–water partition coefficient (Wildman–Crippen LogP) is 1.34. The highest BCUT2D eigenvalue weighted by atomic mass is 16.7. The van der Waals surface area contributed by atoms with Crippen LogP contribution in [0.1, 0.15) is 5.56 Å². The molecule has 0 spiro atoms. The normalized spacial score (nSPS) is 18.0. The monoisotopic (exact) mass is 293 g/mol. The van der Waals surface area contributed by atoms with Crippen LogP contribution in [0.4, 0.5) is 0 Å². The first-order chi connectivity index (χ1) is 10.3. The number of rotatable bonds is 10. The maximum Gasteiger partial charge on any atom is 0.147 e. The highest BCUT2D eigenvalue weighted by Gasteiger charge is 2.23. The molecule has 1 fully saturated rings. The van der Waals surface area contributed by atoms with Gasteiger partial charge in [-0.1, -0.05) is 12.1 Å². The molecular weight excluding hydrogens is 274 g/mol. The molecule has 0 bridgehead atoms. The number of hydrogen-bond acceptors (Lipinski definition) is 6. The van der Waals surface area contributed by atoms with Crippen LogP contribution in [0.3, 0.4) is 0 Å². The molecule has 21 heavy (non-hydrogen) atoms. The van der Waals surface area contributed by atoms with Gasteiger partial charge in [-0.2, -0.15) is 5.26 Å². The summed E-state index contributed by atoms with van der Waals surface area (Å²) in [6.45, 7) is 2.15. The second-order valence-corrected chi connectivity index (χ2v) is 4.61. The second kappa shape index (κ2) is 8.60. The summed E-state index contributed by atoms with van der Waals surface area (Å²) < 4.78 is 26.6. The average Bonchev–Trinajstić information content (AvgIpc) is 3.34. The van der Waals surface area contributed by atoms with Gasteiger partial charge in [0.1, 0.15) is 37.4 Å². The van der Waals surface area contributed by atoms with Crippen LogP contribution in [-0.2, 0) is 18.9 Å². The third kappa shape index (κ3) is 5.69. The molecule has 1 aromatic rings. The maximum atomic E-state index is 9.01. The number of nitriles is 1. The Kier molecular flexibility index (Phi) is 6.44. The van der Waals surface area contributed by atoms with Crippen molar-refractivity contribution in [2.24, 2.45) is 0 Å². The van der Waals surface area contributed by atoms with E-state index in [1.165, 1.54) is 0 Å². The minimum atomic E-state index is -0.268. The molecule has 114 valence electrons. The molecule has 0 saturated carbocycles. The van der Waals surface area contributed by atoms with E-state index in [-0.39, 0.29) is 25.6 Å². The van der Waals surface area contributed by atoms with E-state index < -0.39 is 0 Å². The van der Waals surface area contributed by atoms with Gasteiger partial charge in [0, 0.05) is 7.11 Å². The van der Waals surface area contributed by atoms with Crippen LogP contribution in [0.25, 0.3) is 0 Å². The van der Waals surface area contributed by atoms with Crippen LogP contribution in [-0.4, -0.2) is 52.5 Å². The van der Waals surface area contributed by atoms with Crippen molar-refractivity contribution in [2.75, 3.05) is 40.3 Å². The Morgan fingerprint density at radius 2 is 2.19 bits per heavy atom. The van der Waals surface area contributed by atoms with E-state index >= 15 is 0 Å². The average molecular weight is 293 g/mol. The van der Waals surface area contributed by atoms with Crippen molar-refractivity contribution in [2.45, 2.75) is 12.2 Å². The lowest BCUT2D eigenvalue weighted by Gasteiger charge is -2.18.